The Hall–Kier alpha value is -3.72. The van der Waals surface area contributed by atoms with Crippen LogP contribution in [0, 0.1) is 17.6 Å². The second-order valence-corrected chi connectivity index (χ2v) is 10.8. The van der Waals surface area contributed by atoms with Crippen molar-refractivity contribution in [3.05, 3.63) is 71.8 Å². The summed E-state index contributed by atoms with van der Waals surface area (Å²) < 4.78 is 39.1. The van der Waals surface area contributed by atoms with E-state index in [1.807, 2.05) is 24.3 Å². The Morgan fingerprint density at radius 1 is 1.02 bits per heavy atom. The highest BCUT2D eigenvalue weighted by Gasteiger charge is 2.31. The van der Waals surface area contributed by atoms with Gasteiger partial charge in [-0.3, -0.25) is 4.79 Å². The molecule has 1 N–H and O–H groups in total. The number of hydrogen-bond acceptors (Lipinski definition) is 6. The number of carbonyl (C=O) groups is 1. The van der Waals surface area contributed by atoms with Gasteiger partial charge in [0.2, 0.25) is 5.91 Å². The highest BCUT2D eigenvalue weighted by Crippen LogP contribution is 2.34. The fraction of sp³-hybridized carbons (Fsp3) is 0.419. The SMILES string of the molecule is O=C(NC(Cc1cc(F)c2c(c1)OCCO2)CN1CCCC1)[C@@H]1CCN(c2cccc(-c3ccc(F)cc3)n2)C1. The lowest BCUT2D eigenvalue weighted by molar-refractivity contribution is -0.125. The maximum atomic E-state index is 14.7. The number of aromatic nitrogens is 1. The molecule has 1 unspecified atom stereocenters. The van der Waals surface area contributed by atoms with Gasteiger partial charge in [-0.15, -0.1) is 0 Å². The van der Waals surface area contributed by atoms with Gasteiger partial charge in [0.25, 0.3) is 0 Å². The highest BCUT2D eigenvalue weighted by atomic mass is 19.1. The number of halogens is 2. The van der Waals surface area contributed by atoms with Gasteiger partial charge in [0.05, 0.1) is 11.6 Å². The number of fused-ring (bicyclic) bond motifs is 1. The molecule has 2 aromatic carbocycles. The van der Waals surface area contributed by atoms with Gasteiger partial charge in [0.15, 0.2) is 17.3 Å². The minimum atomic E-state index is -0.430. The summed E-state index contributed by atoms with van der Waals surface area (Å²) >= 11 is 0. The molecule has 0 aliphatic carbocycles. The van der Waals surface area contributed by atoms with Crippen molar-refractivity contribution in [3.63, 3.8) is 0 Å². The summed E-state index contributed by atoms with van der Waals surface area (Å²) in [5, 5.41) is 3.29. The number of anilines is 1. The zero-order valence-corrected chi connectivity index (χ0v) is 22.5. The Morgan fingerprint density at radius 2 is 1.82 bits per heavy atom. The van der Waals surface area contributed by atoms with Crippen LogP contribution in [0.1, 0.15) is 24.8 Å². The van der Waals surface area contributed by atoms with Gasteiger partial charge >= 0.3 is 0 Å². The second-order valence-electron chi connectivity index (χ2n) is 10.8. The molecule has 0 saturated carbocycles. The number of pyridine rings is 1. The Bertz CT molecular complexity index is 1350. The smallest absolute Gasteiger partial charge is 0.225 e. The minimum Gasteiger partial charge on any atom is -0.486 e. The second kappa shape index (κ2) is 11.8. The molecule has 3 aromatic rings. The van der Waals surface area contributed by atoms with E-state index in [9.17, 15) is 13.6 Å². The van der Waals surface area contributed by atoms with E-state index in [4.69, 9.17) is 14.5 Å². The summed E-state index contributed by atoms with van der Waals surface area (Å²) in [5.74, 6) is 0.523. The van der Waals surface area contributed by atoms with Crippen molar-refractivity contribution < 1.29 is 23.0 Å². The van der Waals surface area contributed by atoms with Crippen molar-refractivity contribution in [1.29, 1.82) is 0 Å². The average Bonchev–Trinajstić information content (AvgIpc) is 3.67. The Balaban J connectivity index is 1.13. The molecule has 1 aromatic heterocycles. The molecule has 2 atom stereocenters. The van der Waals surface area contributed by atoms with E-state index in [0.29, 0.717) is 31.9 Å². The van der Waals surface area contributed by atoms with Crippen molar-refractivity contribution in [1.82, 2.24) is 15.2 Å². The fourth-order valence-electron chi connectivity index (χ4n) is 5.89. The Morgan fingerprint density at radius 3 is 2.65 bits per heavy atom. The van der Waals surface area contributed by atoms with Crippen LogP contribution < -0.4 is 19.7 Å². The topological polar surface area (TPSA) is 66.9 Å². The predicted molar refractivity (Wildman–Crippen MR) is 149 cm³/mol. The largest absolute Gasteiger partial charge is 0.486 e. The van der Waals surface area contributed by atoms with Gasteiger partial charge in [-0.05, 0) is 92.9 Å². The number of likely N-dealkylation sites (tertiary alicyclic amines) is 1. The zero-order chi connectivity index (χ0) is 27.5. The Labute approximate surface area is 233 Å². The van der Waals surface area contributed by atoms with Crippen LogP contribution in [0.2, 0.25) is 0 Å². The molecule has 40 heavy (non-hydrogen) atoms. The lowest BCUT2D eigenvalue weighted by atomic mass is 10.0. The number of rotatable bonds is 8. The summed E-state index contributed by atoms with van der Waals surface area (Å²) in [6, 6.07) is 15.3. The van der Waals surface area contributed by atoms with Gasteiger partial charge in [-0.25, -0.2) is 13.8 Å². The van der Waals surface area contributed by atoms with E-state index < -0.39 is 5.82 Å². The lowest BCUT2D eigenvalue weighted by Crippen LogP contribution is -2.47. The van der Waals surface area contributed by atoms with Crippen molar-refractivity contribution in [2.45, 2.75) is 31.7 Å². The summed E-state index contributed by atoms with van der Waals surface area (Å²) in [5.41, 5.74) is 2.39. The summed E-state index contributed by atoms with van der Waals surface area (Å²) in [6.07, 6.45) is 3.54. The van der Waals surface area contributed by atoms with Crippen LogP contribution in [-0.2, 0) is 11.2 Å². The van der Waals surface area contributed by atoms with E-state index in [0.717, 1.165) is 68.1 Å². The number of carbonyl (C=O) groups excluding carboxylic acids is 1. The van der Waals surface area contributed by atoms with Crippen LogP contribution in [-0.4, -0.2) is 67.8 Å². The maximum Gasteiger partial charge on any atom is 0.225 e. The molecule has 3 aliphatic rings. The first-order chi connectivity index (χ1) is 19.5. The fourth-order valence-corrected chi connectivity index (χ4v) is 5.89. The standard InChI is InChI=1S/C31H34F2N4O3/c32-24-8-6-22(7-9-24)27-4-3-5-29(35-27)37-13-10-23(19-37)31(38)34-25(20-36-11-1-2-12-36)16-21-17-26(33)30-28(18-21)39-14-15-40-30/h3-9,17-18,23,25H,1-2,10-16,19-20H2,(H,34,38)/t23-,25?/m1/s1. The molecule has 0 bridgehead atoms. The van der Waals surface area contributed by atoms with E-state index in [2.05, 4.69) is 15.1 Å². The van der Waals surface area contributed by atoms with Crippen molar-refractivity contribution in [2.24, 2.45) is 5.92 Å². The monoisotopic (exact) mass is 548 g/mol. The molecule has 1 amide bonds. The Kier molecular flexibility index (Phi) is 7.82. The normalized spacial score (nSPS) is 19.6. The van der Waals surface area contributed by atoms with Crippen molar-refractivity contribution >= 4 is 11.7 Å². The first kappa shape index (κ1) is 26.5. The summed E-state index contributed by atoms with van der Waals surface area (Å²) in [7, 11) is 0. The number of ether oxygens (including phenoxy) is 2. The first-order valence-corrected chi connectivity index (χ1v) is 14.1. The third-order valence-electron chi connectivity index (χ3n) is 7.92. The zero-order valence-electron chi connectivity index (χ0n) is 22.5. The first-order valence-electron chi connectivity index (χ1n) is 14.1. The van der Waals surface area contributed by atoms with Gasteiger partial charge in [-0.2, -0.15) is 0 Å². The molecule has 0 radical (unpaired) electrons. The molecule has 2 fully saturated rings. The third kappa shape index (κ3) is 6.04. The number of nitrogens with one attached hydrogen (secondary N) is 1. The van der Waals surface area contributed by atoms with Gasteiger partial charge in [-0.1, -0.05) is 6.07 Å². The van der Waals surface area contributed by atoms with Gasteiger partial charge in [0.1, 0.15) is 24.8 Å². The van der Waals surface area contributed by atoms with Crippen LogP contribution in [0.4, 0.5) is 14.6 Å². The molecule has 6 rings (SSSR count). The van der Waals surface area contributed by atoms with Crippen LogP contribution in [0.25, 0.3) is 11.3 Å². The maximum absolute atomic E-state index is 14.7. The minimum absolute atomic E-state index is 0.0133. The number of benzene rings is 2. The predicted octanol–water partition coefficient (Wildman–Crippen LogP) is 4.45. The summed E-state index contributed by atoms with van der Waals surface area (Å²) in [4.78, 5) is 22.8. The van der Waals surface area contributed by atoms with Crippen molar-refractivity contribution in [3.8, 4) is 22.8 Å². The molecule has 3 aliphatic heterocycles. The number of nitrogens with zero attached hydrogens (tertiary/aromatic N) is 3. The van der Waals surface area contributed by atoms with Gasteiger partial charge in [0, 0.05) is 31.2 Å². The molecule has 7 nitrogen and oxygen atoms in total. The molecule has 9 heteroatoms. The molecule has 0 spiro atoms. The molecule has 210 valence electrons. The molecule has 4 heterocycles. The van der Waals surface area contributed by atoms with Crippen LogP contribution in [0.3, 0.4) is 0 Å². The molecular weight excluding hydrogens is 514 g/mol. The van der Waals surface area contributed by atoms with Gasteiger partial charge < -0.3 is 24.6 Å². The van der Waals surface area contributed by atoms with Crippen LogP contribution in [0.15, 0.2) is 54.6 Å². The summed E-state index contributed by atoms with van der Waals surface area (Å²) in [6.45, 7) is 4.76. The van der Waals surface area contributed by atoms with E-state index in [-0.39, 0.29) is 29.4 Å². The molecular formula is C31H34F2N4O3. The number of amides is 1. The molecule has 2 saturated heterocycles. The number of hydrogen-bond donors (Lipinski definition) is 1. The quantitative estimate of drug-likeness (QED) is 0.449. The third-order valence-corrected chi connectivity index (χ3v) is 7.92. The van der Waals surface area contributed by atoms with E-state index in [1.54, 1.807) is 12.1 Å². The average molecular weight is 549 g/mol. The van der Waals surface area contributed by atoms with Crippen LogP contribution in [0.5, 0.6) is 11.5 Å². The van der Waals surface area contributed by atoms with Crippen molar-refractivity contribution in [2.75, 3.05) is 50.8 Å². The highest BCUT2D eigenvalue weighted by molar-refractivity contribution is 5.80. The van der Waals surface area contributed by atoms with Crippen LogP contribution >= 0.6 is 0 Å². The van der Waals surface area contributed by atoms with E-state index >= 15 is 0 Å². The van der Waals surface area contributed by atoms with E-state index in [1.165, 1.54) is 18.2 Å². The lowest BCUT2D eigenvalue weighted by Gasteiger charge is -2.27.